The molecule has 160 valence electrons. The normalized spacial score (nSPS) is 19.0. The van der Waals surface area contributed by atoms with Crippen molar-refractivity contribution >= 4 is 22.9 Å². The Kier molecular flexibility index (Phi) is 6.40. The van der Waals surface area contributed by atoms with Gasteiger partial charge in [0, 0.05) is 50.6 Å². The molecule has 2 heterocycles. The highest BCUT2D eigenvalue weighted by atomic mass is 16.5. The third-order valence-electron chi connectivity index (χ3n) is 6.31. The van der Waals surface area contributed by atoms with E-state index in [9.17, 15) is 0 Å². The Morgan fingerprint density at radius 3 is 2.77 bits per heavy atom. The van der Waals surface area contributed by atoms with Crippen molar-refractivity contribution in [1.29, 1.82) is 0 Å². The van der Waals surface area contributed by atoms with Crippen LogP contribution in [0.15, 0.2) is 47.5 Å². The number of aliphatic imine (C=N–C) groups is 1. The van der Waals surface area contributed by atoms with Gasteiger partial charge in [-0.2, -0.15) is 0 Å². The van der Waals surface area contributed by atoms with Crippen LogP contribution in [0.5, 0.6) is 0 Å². The Morgan fingerprint density at radius 1 is 1.13 bits per heavy atom. The molecule has 2 aliphatic rings. The summed E-state index contributed by atoms with van der Waals surface area (Å²) in [6.45, 7) is 8.35. The fourth-order valence-electron chi connectivity index (χ4n) is 4.37. The van der Waals surface area contributed by atoms with Crippen LogP contribution >= 0.6 is 0 Å². The monoisotopic (exact) mass is 406 g/mol. The summed E-state index contributed by atoms with van der Waals surface area (Å²) in [6, 6.07) is 15.6. The van der Waals surface area contributed by atoms with Crippen LogP contribution in [0.3, 0.4) is 0 Å². The van der Waals surface area contributed by atoms with Crippen molar-refractivity contribution in [2.24, 2.45) is 4.99 Å². The summed E-state index contributed by atoms with van der Waals surface area (Å²) < 4.78 is 5.28. The molecule has 2 aromatic carbocycles. The van der Waals surface area contributed by atoms with Crippen LogP contribution in [0, 0.1) is 0 Å². The maximum Gasteiger partial charge on any atom is 0.138 e. The quantitative estimate of drug-likeness (QED) is 0.711. The van der Waals surface area contributed by atoms with Crippen molar-refractivity contribution in [1.82, 2.24) is 9.80 Å². The Morgan fingerprint density at radius 2 is 1.97 bits per heavy atom. The highest BCUT2D eigenvalue weighted by Crippen LogP contribution is 2.36. The summed E-state index contributed by atoms with van der Waals surface area (Å²) in [5.74, 6) is 1.58. The minimum atomic E-state index is 0.483. The van der Waals surface area contributed by atoms with Crippen LogP contribution in [-0.2, 0) is 4.74 Å². The van der Waals surface area contributed by atoms with Crippen LogP contribution in [0.2, 0.25) is 0 Å². The number of rotatable bonds is 5. The van der Waals surface area contributed by atoms with Crippen LogP contribution in [0.1, 0.15) is 43.7 Å². The summed E-state index contributed by atoms with van der Waals surface area (Å²) in [5.41, 5.74) is 5.76. The van der Waals surface area contributed by atoms with Gasteiger partial charge in [-0.05, 0) is 55.6 Å². The molecule has 0 radical (unpaired) electrons. The number of likely N-dealkylation sites (N-methyl/N-ethyl adjacent to an activating group) is 1. The molecule has 1 saturated heterocycles. The van der Waals surface area contributed by atoms with E-state index < -0.39 is 0 Å². The van der Waals surface area contributed by atoms with Gasteiger partial charge in [0.15, 0.2) is 0 Å². The Bertz CT molecular complexity index is 908. The lowest BCUT2D eigenvalue weighted by molar-refractivity contribution is 0.119. The van der Waals surface area contributed by atoms with Gasteiger partial charge >= 0.3 is 0 Å². The van der Waals surface area contributed by atoms with E-state index in [1.807, 2.05) is 0 Å². The molecule has 2 aliphatic heterocycles. The first-order chi connectivity index (χ1) is 14.6. The van der Waals surface area contributed by atoms with E-state index >= 15 is 0 Å². The van der Waals surface area contributed by atoms with Crippen molar-refractivity contribution in [3.05, 3.63) is 53.6 Å². The Labute approximate surface area is 180 Å². The summed E-state index contributed by atoms with van der Waals surface area (Å²) in [4.78, 5) is 10.2. The van der Waals surface area contributed by atoms with Gasteiger partial charge in [-0.25, -0.2) is 4.99 Å². The molecule has 0 spiro atoms. The van der Waals surface area contributed by atoms with Crippen molar-refractivity contribution in [3.8, 4) is 0 Å². The van der Waals surface area contributed by atoms with Gasteiger partial charge in [0.2, 0.25) is 0 Å². The number of para-hydroxylation sites is 2. The molecule has 1 fully saturated rings. The van der Waals surface area contributed by atoms with Crippen LogP contribution in [-0.4, -0.2) is 62.1 Å². The lowest BCUT2D eigenvalue weighted by Crippen LogP contribution is -2.53. The molecule has 0 aromatic heterocycles. The first-order valence-corrected chi connectivity index (χ1v) is 11.1. The number of amidine groups is 1. The predicted molar refractivity (Wildman–Crippen MR) is 126 cm³/mol. The third-order valence-corrected chi connectivity index (χ3v) is 6.31. The molecule has 5 nitrogen and oxygen atoms in total. The number of hydrogen-bond acceptors (Lipinski definition) is 5. The van der Waals surface area contributed by atoms with E-state index in [1.165, 1.54) is 11.1 Å². The Balaban J connectivity index is 1.71. The van der Waals surface area contributed by atoms with Crippen LogP contribution < -0.4 is 5.32 Å². The predicted octanol–water partition coefficient (Wildman–Crippen LogP) is 4.99. The second-order valence-corrected chi connectivity index (χ2v) is 8.75. The number of fused-ring (bicyclic) bond motifs is 2. The molecule has 2 aromatic rings. The number of piperazine rings is 1. The molecule has 0 aliphatic carbocycles. The molecule has 5 heteroatoms. The summed E-state index contributed by atoms with van der Waals surface area (Å²) in [7, 11) is 4.02. The molecule has 4 rings (SSSR count). The largest absolute Gasteiger partial charge is 0.385 e. The van der Waals surface area contributed by atoms with E-state index in [0.717, 1.165) is 62.0 Å². The average Bonchev–Trinajstić information content (AvgIpc) is 2.91. The molecular formula is C25H34N4O. The average molecular weight is 407 g/mol. The van der Waals surface area contributed by atoms with Gasteiger partial charge in [-0.3, -0.25) is 4.90 Å². The fraction of sp³-hybridized carbons (Fsp3) is 0.480. The maximum absolute atomic E-state index is 5.28. The lowest BCUT2D eigenvalue weighted by Gasteiger charge is -2.41. The number of ether oxygens (including phenoxy) is 1. The van der Waals surface area contributed by atoms with E-state index in [-0.39, 0.29) is 0 Å². The minimum Gasteiger partial charge on any atom is -0.385 e. The van der Waals surface area contributed by atoms with E-state index in [1.54, 1.807) is 7.11 Å². The van der Waals surface area contributed by atoms with Gasteiger partial charge in [0.25, 0.3) is 0 Å². The van der Waals surface area contributed by atoms with Crippen molar-refractivity contribution in [3.63, 3.8) is 0 Å². The number of anilines is 2. The molecule has 30 heavy (non-hydrogen) atoms. The van der Waals surface area contributed by atoms with Gasteiger partial charge in [0.05, 0.1) is 11.4 Å². The lowest BCUT2D eigenvalue weighted by atomic mass is 9.98. The Hall–Kier alpha value is -2.37. The number of methoxy groups -OCH3 is 1. The SMILES string of the molecule is COCCC[C@H]1CN(C2=Nc3ccccc3Nc3ccc(C(C)C)cc32)CCN1C. The first kappa shape index (κ1) is 20.9. The summed E-state index contributed by atoms with van der Waals surface area (Å²) in [5, 5.41) is 3.63. The number of benzene rings is 2. The summed E-state index contributed by atoms with van der Waals surface area (Å²) in [6.07, 6.45) is 2.23. The molecule has 0 saturated carbocycles. The van der Waals surface area contributed by atoms with Gasteiger partial charge in [0.1, 0.15) is 5.84 Å². The van der Waals surface area contributed by atoms with E-state index in [4.69, 9.17) is 9.73 Å². The zero-order chi connectivity index (χ0) is 21.1. The van der Waals surface area contributed by atoms with E-state index in [2.05, 4.69) is 78.5 Å². The van der Waals surface area contributed by atoms with Gasteiger partial charge in [-0.15, -0.1) is 0 Å². The minimum absolute atomic E-state index is 0.483. The van der Waals surface area contributed by atoms with Crippen LogP contribution in [0.4, 0.5) is 17.1 Å². The molecule has 0 amide bonds. The fourth-order valence-corrected chi connectivity index (χ4v) is 4.37. The topological polar surface area (TPSA) is 40.1 Å². The zero-order valence-corrected chi connectivity index (χ0v) is 18.7. The second-order valence-electron chi connectivity index (χ2n) is 8.75. The number of nitrogens with one attached hydrogen (secondary N) is 1. The van der Waals surface area contributed by atoms with Crippen molar-refractivity contribution in [2.45, 2.75) is 38.6 Å². The maximum atomic E-state index is 5.28. The smallest absolute Gasteiger partial charge is 0.138 e. The van der Waals surface area contributed by atoms with Gasteiger partial charge < -0.3 is 15.0 Å². The van der Waals surface area contributed by atoms with Crippen molar-refractivity contribution in [2.75, 3.05) is 45.7 Å². The molecule has 1 atom stereocenters. The van der Waals surface area contributed by atoms with Crippen LogP contribution in [0.25, 0.3) is 0 Å². The molecular weight excluding hydrogens is 372 g/mol. The van der Waals surface area contributed by atoms with E-state index in [0.29, 0.717) is 12.0 Å². The second kappa shape index (κ2) is 9.19. The molecule has 0 bridgehead atoms. The first-order valence-electron chi connectivity index (χ1n) is 11.1. The van der Waals surface area contributed by atoms with Gasteiger partial charge in [-0.1, -0.05) is 32.0 Å². The highest BCUT2D eigenvalue weighted by molar-refractivity contribution is 6.08. The summed E-state index contributed by atoms with van der Waals surface area (Å²) >= 11 is 0. The standard InChI is InChI=1S/C25H34N4O/c1-18(2)19-11-12-22-21(16-19)25(27-24-10-6-5-9-23(24)26-22)29-14-13-28(3)20(17-29)8-7-15-30-4/h5-6,9-12,16,18,20,26H,7-8,13-15,17H2,1-4H3/t20-/m0/s1. The van der Waals surface area contributed by atoms with Crippen molar-refractivity contribution < 1.29 is 4.74 Å². The zero-order valence-electron chi connectivity index (χ0n) is 18.7. The number of nitrogens with zero attached hydrogens (tertiary/aromatic N) is 3. The molecule has 1 N–H and O–H groups in total. The third kappa shape index (κ3) is 4.37. The number of hydrogen-bond donors (Lipinski definition) is 1. The molecule has 0 unspecified atom stereocenters. The highest BCUT2D eigenvalue weighted by Gasteiger charge is 2.29.